The first-order valence-corrected chi connectivity index (χ1v) is 11.3. The third-order valence-corrected chi connectivity index (χ3v) is 7.16. The second-order valence-electron chi connectivity index (χ2n) is 7.60. The van der Waals surface area contributed by atoms with Crippen LogP contribution in [0.4, 0.5) is 0 Å². The standard InChI is InChI=1S/C22H28N2O4S/c1-16(2)21(17-6-10-19(28-3)11-7-17)23-22(25)18-8-12-20(13-9-18)29(26,27)24-14-4-5-15-24/h6-13,16,21H,4-5,14-15H2,1-3H3,(H,23,25). The average molecular weight is 417 g/mol. The van der Waals surface area contributed by atoms with Crippen molar-refractivity contribution in [2.75, 3.05) is 20.2 Å². The van der Waals surface area contributed by atoms with Crippen molar-refractivity contribution < 1.29 is 17.9 Å². The number of amides is 1. The van der Waals surface area contributed by atoms with Crippen LogP contribution in [0.2, 0.25) is 0 Å². The number of carbonyl (C=O) groups excluding carboxylic acids is 1. The molecule has 1 aliphatic rings. The number of hydrogen-bond acceptors (Lipinski definition) is 4. The molecule has 3 rings (SSSR count). The van der Waals surface area contributed by atoms with Gasteiger partial charge < -0.3 is 10.1 Å². The summed E-state index contributed by atoms with van der Waals surface area (Å²) in [6, 6.07) is 13.6. The van der Waals surface area contributed by atoms with E-state index in [-0.39, 0.29) is 22.8 Å². The normalized spacial score (nSPS) is 16.0. The van der Waals surface area contributed by atoms with E-state index in [1.807, 2.05) is 38.1 Å². The quantitative estimate of drug-likeness (QED) is 0.748. The van der Waals surface area contributed by atoms with Crippen molar-refractivity contribution in [3.8, 4) is 5.75 Å². The van der Waals surface area contributed by atoms with Gasteiger partial charge in [-0.05, 0) is 60.7 Å². The first-order valence-electron chi connectivity index (χ1n) is 9.88. The Bertz CT molecular complexity index is 932. The molecule has 1 saturated heterocycles. The zero-order valence-corrected chi connectivity index (χ0v) is 17.9. The lowest BCUT2D eigenvalue weighted by atomic mass is 9.95. The lowest BCUT2D eigenvalue weighted by molar-refractivity contribution is 0.0925. The molecule has 1 N–H and O–H groups in total. The van der Waals surface area contributed by atoms with Crippen LogP contribution in [0.5, 0.6) is 5.75 Å². The van der Waals surface area contributed by atoms with E-state index in [2.05, 4.69) is 5.32 Å². The van der Waals surface area contributed by atoms with Gasteiger partial charge >= 0.3 is 0 Å². The Morgan fingerprint density at radius 2 is 1.59 bits per heavy atom. The Hall–Kier alpha value is -2.38. The molecule has 0 spiro atoms. The maximum absolute atomic E-state index is 12.8. The molecule has 1 atom stereocenters. The van der Waals surface area contributed by atoms with Crippen LogP contribution in [0.15, 0.2) is 53.4 Å². The summed E-state index contributed by atoms with van der Waals surface area (Å²) < 4.78 is 32.0. The number of carbonyl (C=O) groups is 1. The van der Waals surface area contributed by atoms with Gasteiger partial charge in [0.25, 0.3) is 5.91 Å². The largest absolute Gasteiger partial charge is 0.497 e. The molecule has 0 aromatic heterocycles. The Labute approximate surface area is 172 Å². The topological polar surface area (TPSA) is 75.7 Å². The van der Waals surface area contributed by atoms with E-state index < -0.39 is 10.0 Å². The predicted molar refractivity (Wildman–Crippen MR) is 112 cm³/mol. The van der Waals surface area contributed by atoms with E-state index >= 15 is 0 Å². The molecule has 0 bridgehead atoms. The van der Waals surface area contributed by atoms with Crippen molar-refractivity contribution in [1.82, 2.24) is 9.62 Å². The van der Waals surface area contributed by atoms with Gasteiger partial charge in [-0.3, -0.25) is 4.79 Å². The van der Waals surface area contributed by atoms with Gasteiger partial charge in [0.05, 0.1) is 18.0 Å². The molecule has 2 aromatic rings. The van der Waals surface area contributed by atoms with Crippen molar-refractivity contribution in [1.29, 1.82) is 0 Å². The van der Waals surface area contributed by atoms with Gasteiger partial charge in [-0.25, -0.2) is 8.42 Å². The molecule has 0 saturated carbocycles. The Morgan fingerprint density at radius 3 is 2.10 bits per heavy atom. The number of sulfonamides is 1. The van der Waals surface area contributed by atoms with E-state index in [4.69, 9.17) is 4.74 Å². The van der Waals surface area contributed by atoms with Crippen LogP contribution in [-0.4, -0.2) is 38.8 Å². The monoisotopic (exact) mass is 416 g/mol. The summed E-state index contributed by atoms with van der Waals surface area (Å²) in [5.74, 6) is 0.712. The van der Waals surface area contributed by atoms with Gasteiger partial charge in [-0.2, -0.15) is 4.31 Å². The maximum atomic E-state index is 12.8. The Morgan fingerprint density at radius 1 is 1.00 bits per heavy atom. The molecule has 1 heterocycles. The second kappa shape index (κ2) is 8.97. The number of rotatable bonds is 7. The van der Waals surface area contributed by atoms with E-state index in [1.165, 1.54) is 16.4 Å². The molecular weight excluding hydrogens is 388 g/mol. The highest BCUT2D eigenvalue weighted by atomic mass is 32.2. The van der Waals surface area contributed by atoms with Crippen LogP contribution >= 0.6 is 0 Å². The highest BCUT2D eigenvalue weighted by molar-refractivity contribution is 7.89. The van der Waals surface area contributed by atoms with Crippen LogP contribution in [0.25, 0.3) is 0 Å². The lowest BCUT2D eigenvalue weighted by Gasteiger charge is -2.23. The third kappa shape index (κ3) is 4.79. The molecule has 2 aromatic carbocycles. The highest BCUT2D eigenvalue weighted by Gasteiger charge is 2.27. The summed E-state index contributed by atoms with van der Waals surface area (Å²) in [5, 5.41) is 3.06. The molecule has 1 fully saturated rings. The summed E-state index contributed by atoms with van der Waals surface area (Å²) in [7, 11) is -1.86. The molecule has 0 radical (unpaired) electrons. The minimum Gasteiger partial charge on any atom is -0.497 e. The molecule has 156 valence electrons. The molecule has 6 nitrogen and oxygen atoms in total. The van der Waals surface area contributed by atoms with Crippen molar-refractivity contribution in [3.05, 3.63) is 59.7 Å². The molecule has 29 heavy (non-hydrogen) atoms. The molecule has 7 heteroatoms. The fourth-order valence-electron chi connectivity index (χ4n) is 3.53. The van der Waals surface area contributed by atoms with Gasteiger partial charge in [-0.15, -0.1) is 0 Å². The molecule has 1 unspecified atom stereocenters. The number of benzene rings is 2. The van der Waals surface area contributed by atoms with Crippen LogP contribution in [0, 0.1) is 5.92 Å². The number of ether oxygens (including phenoxy) is 1. The first-order chi connectivity index (χ1) is 13.8. The average Bonchev–Trinajstić information content (AvgIpc) is 3.28. The van der Waals surface area contributed by atoms with Crippen molar-refractivity contribution in [2.45, 2.75) is 37.6 Å². The SMILES string of the molecule is COc1ccc(C(NC(=O)c2ccc(S(=O)(=O)N3CCCC3)cc2)C(C)C)cc1. The Kier molecular flexibility index (Phi) is 6.59. The fourth-order valence-corrected chi connectivity index (χ4v) is 5.04. The van der Waals surface area contributed by atoms with Crippen LogP contribution in [0.3, 0.4) is 0 Å². The van der Waals surface area contributed by atoms with E-state index in [0.717, 1.165) is 24.2 Å². The summed E-state index contributed by atoms with van der Waals surface area (Å²) in [5.41, 5.74) is 1.42. The molecule has 1 amide bonds. The predicted octanol–water partition coefficient (Wildman–Crippen LogP) is 3.61. The van der Waals surface area contributed by atoms with Gasteiger partial charge in [-0.1, -0.05) is 26.0 Å². The number of methoxy groups -OCH3 is 1. The van der Waals surface area contributed by atoms with Gasteiger partial charge in [0.1, 0.15) is 5.75 Å². The smallest absolute Gasteiger partial charge is 0.251 e. The van der Waals surface area contributed by atoms with Gasteiger partial charge in [0, 0.05) is 18.7 Å². The van der Waals surface area contributed by atoms with Crippen molar-refractivity contribution in [2.24, 2.45) is 5.92 Å². The summed E-state index contributed by atoms with van der Waals surface area (Å²) in [4.78, 5) is 13.0. The zero-order valence-electron chi connectivity index (χ0n) is 17.1. The molecule has 1 aliphatic heterocycles. The van der Waals surface area contributed by atoms with Crippen LogP contribution in [0.1, 0.15) is 48.7 Å². The van der Waals surface area contributed by atoms with E-state index in [9.17, 15) is 13.2 Å². The fraction of sp³-hybridized carbons (Fsp3) is 0.409. The lowest BCUT2D eigenvalue weighted by Crippen LogP contribution is -2.32. The number of hydrogen-bond donors (Lipinski definition) is 1. The van der Waals surface area contributed by atoms with Crippen LogP contribution < -0.4 is 10.1 Å². The van der Waals surface area contributed by atoms with E-state index in [0.29, 0.717) is 18.7 Å². The second-order valence-corrected chi connectivity index (χ2v) is 9.54. The number of nitrogens with one attached hydrogen (secondary N) is 1. The minimum atomic E-state index is -3.48. The van der Waals surface area contributed by atoms with Gasteiger partial charge in [0.15, 0.2) is 0 Å². The highest BCUT2D eigenvalue weighted by Crippen LogP contribution is 2.25. The summed E-state index contributed by atoms with van der Waals surface area (Å²) in [6.45, 7) is 5.20. The minimum absolute atomic E-state index is 0.165. The first kappa shape index (κ1) is 21.3. The van der Waals surface area contributed by atoms with Gasteiger partial charge in [0.2, 0.25) is 10.0 Å². The summed E-state index contributed by atoms with van der Waals surface area (Å²) >= 11 is 0. The molecular formula is C22H28N2O4S. The Balaban J connectivity index is 1.74. The number of nitrogens with zero attached hydrogens (tertiary/aromatic N) is 1. The maximum Gasteiger partial charge on any atom is 0.251 e. The zero-order chi connectivity index (χ0) is 21.0. The van der Waals surface area contributed by atoms with Crippen molar-refractivity contribution in [3.63, 3.8) is 0 Å². The summed E-state index contributed by atoms with van der Waals surface area (Å²) in [6.07, 6.45) is 1.78. The van der Waals surface area contributed by atoms with Crippen LogP contribution in [-0.2, 0) is 10.0 Å². The van der Waals surface area contributed by atoms with Crippen molar-refractivity contribution >= 4 is 15.9 Å². The third-order valence-electron chi connectivity index (χ3n) is 5.25. The molecule has 0 aliphatic carbocycles. The van der Waals surface area contributed by atoms with E-state index in [1.54, 1.807) is 19.2 Å².